The minimum absolute atomic E-state index is 0.917. The molecule has 0 unspecified atom stereocenters. The Morgan fingerprint density at radius 3 is 1.52 bits per heavy atom. The van der Waals surface area contributed by atoms with Crippen molar-refractivity contribution >= 4 is 66.2 Å². The van der Waals surface area contributed by atoms with Crippen LogP contribution in [0.1, 0.15) is 0 Å². The van der Waals surface area contributed by atoms with E-state index in [2.05, 4.69) is 70.6 Å². The third-order valence-electron chi connectivity index (χ3n) is 5.75. The molecular weight excluding hydrogens is 420 g/mol. The smallest absolute Gasteiger partial charge is 0.136 e. The van der Waals surface area contributed by atoms with Crippen LogP contribution in [0.2, 0.25) is 0 Å². The lowest BCUT2D eigenvalue weighted by Crippen LogP contribution is -1.79. The van der Waals surface area contributed by atoms with Gasteiger partial charge in [-0.1, -0.05) is 24.3 Å². The van der Waals surface area contributed by atoms with Crippen molar-refractivity contribution in [1.82, 2.24) is 9.97 Å². The molecule has 31 heavy (non-hydrogen) atoms. The van der Waals surface area contributed by atoms with Crippen molar-refractivity contribution in [1.29, 1.82) is 0 Å². The number of nitrogens with zero attached hydrogens (tertiary/aromatic N) is 2. The highest BCUT2D eigenvalue weighted by molar-refractivity contribution is 7.13. The monoisotopic (exact) mass is 434 g/mol. The highest BCUT2D eigenvalue weighted by Gasteiger charge is 2.12. The average Bonchev–Trinajstić information content (AvgIpc) is 3.57. The minimum atomic E-state index is 0.917. The van der Waals surface area contributed by atoms with Crippen LogP contribution in [0.5, 0.6) is 0 Å². The van der Waals surface area contributed by atoms with Crippen molar-refractivity contribution in [3.05, 3.63) is 83.8 Å². The summed E-state index contributed by atoms with van der Waals surface area (Å²) < 4.78 is 6.25. The fraction of sp³-hybridized carbons (Fsp3) is 0. The maximum atomic E-state index is 6.25. The molecule has 0 N–H and O–H groups in total. The van der Waals surface area contributed by atoms with Gasteiger partial charge in [0, 0.05) is 45.1 Å². The van der Waals surface area contributed by atoms with E-state index in [1.54, 1.807) is 22.7 Å². The van der Waals surface area contributed by atoms with E-state index >= 15 is 0 Å². The maximum Gasteiger partial charge on any atom is 0.136 e. The molecule has 0 saturated carbocycles. The van der Waals surface area contributed by atoms with E-state index < -0.39 is 0 Å². The van der Waals surface area contributed by atoms with Crippen molar-refractivity contribution in [2.24, 2.45) is 0 Å². The first-order valence-electron chi connectivity index (χ1n) is 9.95. The fourth-order valence-electron chi connectivity index (χ4n) is 4.26. The first kappa shape index (κ1) is 17.2. The Kier molecular flexibility index (Phi) is 3.59. The summed E-state index contributed by atoms with van der Waals surface area (Å²) in [5.41, 5.74) is 4.13. The molecule has 0 aliphatic carbocycles. The van der Waals surface area contributed by atoms with Gasteiger partial charge in [-0.3, -0.25) is 0 Å². The molecule has 3 heterocycles. The first-order valence-corrected chi connectivity index (χ1v) is 11.7. The van der Waals surface area contributed by atoms with Gasteiger partial charge in [0.2, 0.25) is 0 Å². The first-order chi connectivity index (χ1) is 15.3. The molecule has 5 heteroatoms. The van der Waals surface area contributed by atoms with Crippen LogP contribution in [0.3, 0.4) is 0 Å². The van der Waals surface area contributed by atoms with E-state index in [0.717, 1.165) is 43.1 Å². The molecule has 146 valence electrons. The summed E-state index contributed by atoms with van der Waals surface area (Å²) in [7, 11) is 0. The number of hydrogen-bond acceptors (Lipinski definition) is 5. The summed E-state index contributed by atoms with van der Waals surface area (Å²) >= 11 is 3.32. The largest absolute Gasteiger partial charge is 0.456 e. The number of thiazole rings is 2. The zero-order valence-corrected chi connectivity index (χ0v) is 17.8. The molecule has 7 aromatic rings. The Morgan fingerprint density at radius 1 is 0.548 bits per heavy atom. The van der Waals surface area contributed by atoms with Gasteiger partial charge in [-0.05, 0) is 57.9 Å². The summed E-state index contributed by atoms with van der Waals surface area (Å²) in [6.07, 6.45) is 3.70. The highest BCUT2D eigenvalue weighted by Crippen LogP contribution is 2.37. The molecular formula is C26H14N2OS2. The number of aromatic nitrogens is 2. The Labute approximate surface area is 185 Å². The summed E-state index contributed by atoms with van der Waals surface area (Å²) in [4.78, 5) is 8.91. The van der Waals surface area contributed by atoms with Crippen LogP contribution in [0.4, 0.5) is 0 Å². The van der Waals surface area contributed by atoms with Crippen molar-refractivity contribution in [3.8, 4) is 21.1 Å². The predicted octanol–water partition coefficient (Wildman–Crippen LogP) is 8.14. The van der Waals surface area contributed by atoms with Crippen LogP contribution in [-0.2, 0) is 0 Å². The van der Waals surface area contributed by atoms with E-state index in [-0.39, 0.29) is 0 Å². The van der Waals surface area contributed by atoms with E-state index in [1.807, 2.05) is 23.2 Å². The second kappa shape index (κ2) is 6.48. The van der Waals surface area contributed by atoms with Crippen LogP contribution in [0.25, 0.3) is 64.6 Å². The number of hydrogen-bond donors (Lipinski definition) is 0. The zero-order valence-electron chi connectivity index (χ0n) is 16.2. The van der Waals surface area contributed by atoms with Crippen LogP contribution in [-0.4, -0.2) is 9.97 Å². The third kappa shape index (κ3) is 2.71. The van der Waals surface area contributed by atoms with Crippen molar-refractivity contribution in [2.45, 2.75) is 0 Å². The normalized spacial score (nSPS) is 11.9. The number of rotatable bonds is 2. The molecule has 3 nitrogen and oxygen atoms in total. The maximum absolute atomic E-state index is 6.25. The van der Waals surface area contributed by atoms with Gasteiger partial charge < -0.3 is 4.42 Å². The SMILES string of the molecule is c1csc(-c2ccc3cc4oc5cc6ccc(-c7nccs7)cc6cc5c4cc3c2)n1. The number of furan rings is 1. The highest BCUT2D eigenvalue weighted by atomic mass is 32.1. The molecule has 0 saturated heterocycles. The van der Waals surface area contributed by atoms with E-state index in [4.69, 9.17) is 4.42 Å². The molecule has 0 amide bonds. The van der Waals surface area contributed by atoms with Gasteiger partial charge in [-0.15, -0.1) is 22.7 Å². The second-order valence-corrected chi connectivity index (χ2v) is 9.39. The van der Waals surface area contributed by atoms with Crippen LogP contribution in [0, 0.1) is 0 Å². The van der Waals surface area contributed by atoms with Gasteiger partial charge in [0.25, 0.3) is 0 Å². The average molecular weight is 435 g/mol. The van der Waals surface area contributed by atoms with E-state index in [9.17, 15) is 0 Å². The summed E-state index contributed by atoms with van der Waals surface area (Å²) in [5.74, 6) is 0. The molecule has 0 spiro atoms. The lowest BCUT2D eigenvalue weighted by Gasteiger charge is -2.03. The number of benzene rings is 4. The zero-order chi connectivity index (χ0) is 20.4. The Bertz CT molecular complexity index is 1600. The van der Waals surface area contributed by atoms with Gasteiger partial charge in [0.15, 0.2) is 0 Å². The molecule has 0 radical (unpaired) electrons. The Hall–Kier alpha value is -3.54. The van der Waals surface area contributed by atoms with Gasteiger partial charge in [-0.25, -0.2) is 9.97 Å². The Morgan fingerprint density at radius 2 is 1.06 bits per heavy atom. The molecule has 0 fully saturated rings. The van der Waals surface area contributed by atoms with Crippen LogP contribution < -0.4 is 0 Å². The van der Waals surface area contributed by atoms with Crippen molar-refractivity contribution in [3.63, 3.8) is 0 Å². The van der Waals surface area contributed by atoms with Gasteiger partial charge in [0.05, 0.1) is 0 Å². The Balaban J connectivity index is 1.47. The van der Waals surface area contributed by atoms with Crippen molar-refractivity contribution in [2.75, 3.05) is 0 Å². The number of fused-ring (bicyclic) bond motifs is 5. The topological polar surface area (TPSA) is 38.9 Å². The summed E-state index contributed by atoms with van der Waals surface area (Å²) in [6.45, 7) is 0. The van der Waals surface area contributed by atoms with Crippen LogP contribution in [0.15, 0.2) is 88.2 Å². The lowest BCUT2D eigenvalue weighted by atomic mass is 10.0. The quantitative estimate of drug-likeness (QED) is 0.276. The molecule has 0 aliphatic rings. The lowest BCUT2D eigenvalue weighted by molar-refractivity contribution is 0.670. The molecule has 7 rings (SSSR count). The molecule has 0 atom stereocenters. The van der Waals surface area contributed by atoms with Gasteiger partial charge >= 0.3 is 0 Å². The van der Waals surface area contributed by atoms with Gasteiger partial charge in [-0.2, -0.15) is 0 Å². The second-order valence-electron chi connectivity index (χ2n) is 7.60. The molecule has 3 aromatic heterocycles. The molecule has 0 aliphatic heterocycles. The van der Waals surface area contributed by atoms with Crippen molar-refractivity contribution < 1.29 is 4.42 Å². The summed E-state index contributed by atoms with van der Waals surface area (Å²) in [6, 6.07) is 21.7. The van der Waals surface area contributed by atoms with E-state index in [1.165, 1.54) is 21.5 Å². The van der Waals surface area contributed by atoms with Gasteiger partial charge in [0.1, 0.15) is 21.2 Å². The predicted molar refractivity (Wildman–Crippen MR) is 131 cm³/mol. The standard InChI is InChI=1S/C26H14N2OS2/c1-3-17(25-27-5-7-30-25)9-19-11-21-22-12-20-10-18(26-28-6-8-31-26)4-2-16(20)14-24(22)29-23(21)13-15(1)19/h1-14H. The molecule has 0 bridgehead atoms. The third-order valence-corrected chi connectivity index (χ3v) is 7.39. The van der Waals surface area contributed by atoms with Crippen LogP contribution >= 0.6 is 22.7 Å². The van der Waals surface area contributed by atoms with E-state index in [0.29, 0.717) is 0 Å². The molecule has 4 aromatic carbocycles. The minimum Gasteiger partial charge on any atom is -0.456 e. The fourth-order valence-corrected chi connectivity index (χ4v) is 5.53. The summed E-state index contributed by atoms with van der Waals surface area (Å²) in [5, 5.41) is 13.1.